The van der Waals surface area contributed by atoms with Crippen LogP contribution in [0.15, 0.2) is 108 Å². The van der Waals surface area contributed by atoms with Crippen molar-refractivity contribution in [2.45, 2.75) is 100.0 Å². The van der Waals surface area contributed by atoms with E-state index < -0.39 is 40.4 Å². The number of thioether (sulfide) groups is 2. The summed E-state index contributed by atoms with van der Waals surface area (Å²) in [5.41, 5.74) is -0.563. The van der Waals surface area contributed by atoms with Gasteiger partial charge in [-0.15, -0.1) is 20.4 Å². The van der Waals surface area contributed by atoms with Gasteiger partial charge in [-0.05, 0) is 108 Å². The van der Waals surface area contributed by atoms with Crippen LogP contribution < -0.4 is 10.6 Å². The number of aliphatic hydroxyl groups is 1. The SMILES string of the molecule is CCCC(Sc1nnc(-c2ccncc2)n1C(O)OC(C)(C)C)C(=O)Nc1ccc(-c2cc(-c3nnc(SC(F)C(=O)Nc4ccccc4)n3C(=O)OC(C)(C)C)ccn2)cc1. The minimum atomic E-state index is -2.14. The molecule has 16 nitrogen and oxygen atoms in total. The van der Waals surface area contributed by atoms with E-state index in [0.29, 0.717) is 69.3 Å². The van der Waals surface area contributed by atoms with Gasteiger partial charge in [0.15, 0.2) is 16.8 Å². The lowest BCUT2D eigenvalue weighted by Gasteiger charge is -2.26. The van der Waals surface area contributed by atoms with Crippen molar-refractivity contribution in [3.05, 3.63) is 97.5 Å². The molecule has 0 spiro atoms. The average Bonchev–Trinajstić information content (AvgIpc) is 3.85. The van der Waals surface area contributed by atoms with E-state index in [1.165, 1.54) is 22.5 Å². The first-order valence-corrected chi connectivity index (χ1v) is 21.4. The zero-order chi connectivity index (χ0) is 44.6. The lowest BCUT2D eigenvalue weighted by atomic mass is 10.1. The van der Waals surface area contributed by atoms with Crippen molar-refractivity contribution in [2.24, 2.45) is 0 Å². The number of para-hydroxylation sites is 1. The number of alkyl halides is 1. The molecule has 19 heteroatoms. The number of hydrogen-bond donors (Lipinski definition) is 3. The molecule has 2 amide bonds. The van der Waals surface area contributed by atoms with Crippen LogP contribution in [0, 0.1) is 0 Å². The van der Waals surface area contributed by atoms with Crippen molar-refractivity contribution in [3.8, 4) is 34.0 Å². The number of aliphatic hydroxyl groups excluding tert-OH is 1. The van der Waals surface area contributed by atoms with Crippen molar-refractivity contribution in [1.29, 1.82) is 0 Å². The molecular weight excluding hydrogens is 836 g/mol. The summed E-state index contributed by atoms with van der Waals surface area (Å²) >= 11 is 1.59. The van der Waals surface area contributed by atoms with Gasteiger partial charge in [-0.25, -0.2) is 13.8 Å². The maximum Gasteiger partial charge on any atom is 0.422 e. The standard InChI is InChI=1S/C43H47FN10O6S2/c1-8-12-32(61-38-51-49-34(27-19-22-45-23-20-27)53(38)40(57)59-42(2,3)4)36(55)47-30-17-15-26(16-18-30)31-25-28(21-24-46-31)35-50-52-39(54(35)41(58)60-43(5,6)7)62-33(44)37(56)48-29-13-10-9-11-14-29/h9-11,13-25,32-33,40,57H,8,12H2,1-7H3,(H,47,55)(H,48,56). The van der Waals surface area contributed by atoms with Gasteiger partial charge in [0.05, 0.1) is 16.5 Å². The molecule has 0 saturated carbocycles. The molecule has 0 fully saturated rings. The second kappa shape index (κ2) is 19.8. The molecule has 0 aliphatic carbocycles. The molecule has 324 valence electrons. The Bertz CT molecular complexity index is 2470. The molecule has 2 aromatic carbocycles. The third-order valence-electron chi connectivity index (χ3n) is 8.51. The van der Waals surface area contributed by atoms with Gasteiger partial charge >= 0.3 is 6.09 Å². The minimum Gasteiger partial charge on any atom is -0.443 e. The first-order chi connectivity index (χ1) is 29.5. The summed E-state index contributed by atoms with van der Waals surface area (Å²) in [4.78, 5) is 48.7. The zero-order valence-corrected chi connectivity index (χ0v) is 36.8. The number of nitrogens with one attached hydrogen (secondary N) is 2. The van der Waals surface area contributed by atoms with Gasteiger partial charge in [0.1, 0.15) is 5.60 Å². The molecule has 0 radical (unpaired) electrons. The normalized spacial score (nSPS) is 13.2. The lowest BCUT2D eigenvalue weighted by molar-refractivity contribution is -0.212. The van der Waals surface area contributed by atoms with Crippen molar-refractivity contribution >= 4 is 52.8 Å². The number of rotatable bonds is 15. The molecular formula is C43H47FN10O6S2. The third kappa shape index (κ3) is 11.9. The van der Waals surface area contributed by atoms with E-state index in [1.807, 2.05) is 27.7 Å². The van der Waals surface area contributed by atoms with E-state index in [4.69, 9.17) is 9.47 Å². The number of benzene rings is 2. The molecule has 6 rings (SSSR count). The Kier molecular flexibility index (Phi) is 14.5. The number of ether oxygens (including phenoxy) is 2. The van der Waals surface area contributed by atoms with Gasteiger partial charge in [0.2, 0.25) is 23.0 Å². The first-order valence-electron chi connectivity index (χ1n) is 19.6. The van der Waals surface area contributed by atoms with E-state index in [0.717, 1.165) is 4.57 Å². The number of hydrogen-bond acceptors (Lipinski definition) is 14. The molecule has 3 atom stereocenters. The monoisotopic (exact) mass is 882 g/mol. The maximum absolute atomic E-state index is 15.4. The predicted octanol–water partition coefficient (Wildman–Crippen LogP) is 8.63. The van der Waals surface area contributed by atoms with Crippen LogP contribution in [0.3, 0.4) is 0 Å². The van der Waals surface area contributed by atoms with E-state index in [-0.39, 0.29) is 16.9 Å². The molecule has 3 unspecified atom stereocenters. The maximum atomic E-state index is 15.4. The Hall–Kier alpha value is -6.02. The number of amides is 2. The van der Waals surface area contributed by atoms with E-state index in [1.54, 1.807) is 112 Å². The van der Waals surface area contributed by atoms with Crippen LogP contribution in [-0.2, 0) is 19.1 Å². The average molecular weight is 883 g/mol. The van der Waals surface area contributed by atoms with Crippen LogP contribution in [0.2, 0.25) is 0 Å². The Labute approximate surface area is 366 Å². The minimum absolute atomic E-state index is 0.0469. The fraction of sp³-hybridized carbons (Fsp3) is 0.326. The highest BCUT2D eigenvalue weighted by Gasteiger charge is 2.31. The number of pyridine rings is 2. The van der Waals surface area contributed by atoms with Crippen LogP contribution in [0.1, 0.15) is 67.7 Å². The summed E-state index contributed by atoms with van der Waals surface area (Å²) in [5, 5.41) is 33.2. The van der Waals surface area contributed by atoms with Crippen molar-refractivity contribution in [2.75, 3.05) is 10.6 Å². The van der Waals surface area contributed by atoms with Crippen molar-refractivity contribution in [1.82, 2.24) is 39.5 Å². The van der Waals surface area contributed by atoms with Crippen LogP contribution >= 0.6 is 23.5 Å². The van der Waals surface area contributed by atoms with Gasteiger partial charge < -0.3 is 25.2 Å². The van der Waals surface area contributed by atoms with E-state index in [2.05, 4.69) is 41.0 Å². The molecule has 0 aliphatic heterocycles. The number of aromatic nitrogens is 8. The number of nitrogens with zero attached hydrogens (tertiary/aromatic N) is 8. The predicted molar refractivity (Wildman–Crippen MR) is 235 cm³/mol. The highest BCUT2D eigenvalue weighted by Crippen LogP contribution is 2.34. The summed E-state index contributed by atoms with van der Waals surface area (Å²) in [6.45, 7) is 12.5. The first kappa shape index (κ1) is 45.5. The fourth-order valence-electron chi connectivity index (χ4n) is 5.80. The van der Waals surface area contributed by atoms with Gasteiger partial charge in [-0.2, -0.15) is 0 Å². The summed E-state index contributed by atoms with van der Waals surface area (Å²) in [6, 6.07) is 22.2. The second-order valence-electron chi connectivity index (χ2n) is 15.8. The number of anilines is 2. The number of carbonyl (C=O) groups is 3. The van der Waals surface area contributed by atoms with Crippen molar-refractivity contribution in [3.63, 3.8) is 0 Å². The van der Waals surface area contributed by atoms with E-state index in [9.17, 15) is 19.5 Å². The summed E-state index contributed by atoms with van der Waals surface area (Å²) < 4.78 is 29.4. The molecule has 62 heavy (non-hydrogen) atoms. The van der Waals surface area contributed by atoms with Crippen LogP contribution in [0.4, 0.5) is 20.6 Å². The van der Waals surface area contributed by atoms with Gasteiger partial charge in [-0.1, -0.05) is 55.4 Å². The van der Waals surface area contributed by atoms with Crippen LogP contribution in [0.25, 0.3) is 34.0 Å². The topological polar surface area (TPSA) is 201 Å². The van der Waals surface area contributed by atoms with Crippen LogP contribution in [0.5, 0.6) is 0 Å². The fourth-order valence-corrected chi connectivity index (χ4v) is 7.66. The smallest absolute Gasteiger partial charge is 0.422 e. The lowest BCUT2D eigenvalue weighted by Crippen LogP contribution is -2.28. The van der Waals surface area contributed by atoms with Crippen LogP contribution in [-0.4, -0.2) is 84.5 Å². The third-order valence-corrected chi connectivity index (χ3v) is 10.6. The second-order valence-corrected chi connectivity index (χ2v) is 18.0. The highest BCUT2D eigenvalue weighted by atomic mass is 32.2. The van der Waals surface area contributed by atoms with Gasteiger partial charge in [0, 0.05) is 46.7 Å². The molecule has 4 aromatic heterocycles. The Balaban J connectivity index is 1.20. The van der Waals surface area contributed by atoms with Gasteiger partial charge in [0.25, 0.3) is 5.91 Å². The summed E-state index contributed by atoms with van der Waals surface area (Å²) in [6.07, 6.45) is 3.65. The quantitative estimate of drug-likeness (QED) is 0.0653. The Morgan fingerprint density at radius 1 is 0.742 bits per heavy atom. The Morgan fingerprint density at radius 3 is 2.03 bits per heavy atom. The van der Waals surface area contributed by atoms with Gasteiger partial charge in [-0.3, -0.25) is 24.1 Å². The largest absolute Gasteiger partial charge is 0.443 e. The number of carbonyl (C=O) groups excluding carboxylic acids is 3. The molecule has 0 saturated heterocycles. The van der Waals surface area contributed by atoms with Crippen molar-refractivity contribution < 1.29 is 33.4 Å². The number of halogens is 1. The molecule has 0 aliphatic rings. The zero-order valence-electron chi connectivity index (χ0n) is 35.1. The molecule has 0 bridgehead atoms. The summed E-state index contributed by atoms with van der Waals surface area (Å²) in [7, 11) is 0. The van der Waals surface area contributed by atoms with E-state index >= 15 is 4.39 Å². The molecule has 6 aromatic rings. The molecule has 4 heterocycles. The highest BCUT2D eigenvalue weighted by molar-refractivity contribution is 8.00. The Morgan fingerprint density at radius 2 is 1.37 bits per heavy atom. The molecule has 3 N–H and O–H groups in total. The summed E-state index contributed by atoms with van der Waals surface area (Å²) in [5.74, 6) is -0.810.